The normalized spacial score (nSPS) is 12.1. The van der Waals surface area contributed by atoms with E-state index in [4.69, 9.17) is 9.15 Å². The van der Waals surface area contributed by atoms with Gasteiger partial charge in [-0.1, -0.05) is 0 Å². The van der Waals surface area contributed by atoms with Crippen LogP contribution in [0.5, 0.6) is 5.75 Å². The number of aryl methyl sites for hydroxylation is 1. The summed E-state index contributed by atoms with van der Waals surface area (Å²) in [4.78, 5) is 0. The summed E-state index contributed by atoms with van der Waals surface area (Å²) in [6, 6.07) is 10.0. The summed E-state index contributed by atoms with van der Waals surface area (Å²) >= 11 is 0. The van der Waals surface area contributed by atoms with E-state index in [9.17, 15) is 5.11 Å². The van der Waals surface area contributed by atoms with E-state index in [0.717, 1.165) is 35.6 Å². The molecule has 1 atom stereocenters. The van der Waals surface area contributed by atoms with Crippen molar-refractivity contribution < 1.29 is 14.3 Å². The van der Waals surface area contributed by atoms with Crippen LogP contribution in [0.1, 0.15) is 31.6 Å². The van der Waals surface area contributed by atoms with Crippen molar-refractivity contribution >= 4 is 5.69 Å². The van der Waals surface area contributed by atoms with Gasteiger partial charge in [0.25, 0.3) is 0 Å². The van der Waals surface area contributed by atoms with Gasteiger partial charge in [-0.25, -0.2) is 0 Å². The summed E-state index contributed by atoms with van der Waals surface area (Å²) in [6.07, 6.45) is 3.59. The van der Waals surface area contributed by atoms with E-state index < -0.39 is 0 Å². The highest BCUT2D eigenvalue weighted by molar-refractivity contribution is 5.51. The van der Waals surface area contributed by atoms with E-state index in [1.165, 1.54) is 0 Å². The number of anilines is 1. The van der Waals surface area contributed by atoms with Crippen molar-refractivity contribution in [2.24, 2.45) is 0 Å². The largest absolute Gasteiger partial charge is 0.494 e. The molecule has 0 aliphatic heterocycles. The Bertz CT molecular complexity index is 537. The number of furan rings is 1. The third kappa shape index (κ3) is 4.53. The Kier molecular flexibility index (Phi) is 5.69. The zero-order valence-corrected chi connectivity index (χ0v) is 12.6. The van der Waals surface area contributed by atoms with Gasteiger partial charge in [-0.3, -0.25) is 0 Å². The second-order valence-corrected chi connectivity index (χ2v) is 5.08. The molecule has 114 valence electrons. The van der Waals surface area contributed by atoms with Gasteiger partial charge in [0.2, 0.25) is 0 Å². The molecule has 0 spiro atoms. The molecule has 1 unspecified atom stereocenters. The van der Waals surface area contributed by atoms with Crippen molar-refractivity contribution in [2.45, 2.75) is 39.3 Å². The van der Waals surface area contributed by atoms with Gasteiger partial charge in [-0.05, 0) is 50.6 Å². The molecule has 2 N–H and O–H groups in total. The predicted molar refractivity (Wildman–Crippen MR) is 83.6 cm³/mol. The van der Waals surface area contributed by atoms with Crippen molar-refractivity contribution in [1.29, 1.82) is 0 Å². The van der Waals surface area contributed by atoms with E-state index in [1.807, 2.05) is 37.3 Å². The highest BCUT2D eigenvalue weighted by atomic mass is 16.5. The smallest absolute Gasteiger partial charge is 0.124 e. The predicted octanol–water partition coefficient (Wildman–Crippen LogP) is 3.60. The van der Waals surface area contributed by atoms with Crippen LogP contribution in [0.25, 0.3) is 0 Å². The number of aliphatic hydroxyl groups excluding tert-OH is 1. The first kappa shape index (κ1) is 15.4. The summed E-state index contributed by atoms with van der Waals surface area (Å²) in [5.41, 5.74) is 1.80. The van der Waals surface area contributed by atoms with Crippen molar-refractivity contribution in [2.75, 3.05) is 11.9 Å². The number of benzene rings is 1. The molecule has 4 heteroatoms. The van der Waals surface area contributed by atoms with Crippen LogP contribution in [0.3, 0.4) is 0 Å². The molecule has 2 rings (SSSR count). The Morgan fingerprint density at radius 1 is 1.33 bits per heavy atom. The van der Waals surface area contributed by atoms with Crippen LogP contribution in [-0.4, -0.2) is 17.8 Å². The number of nitrogens with one attached hydrogen (secondary N) is 1. The molecule has 0 radical (unpaired) electrons. The summed E-state index contributed by atoms with van der Waals surface area (Å²) in [7, 11) is 0. The molecule has 0 aliphatic rings. The minimum Gasteiger partial charge on any atom is -0.494 e. The van der Waals surface area contributed by atoms with Crippen molar-refractivity contribution in [3.8, 4) is 5.75 Å². The summed E-state index contributed by atoms with van der Waals surface area (Å²) in [5, 5.41) is 12.9. The molecular weight excluding hydrogens is 266 g/mol. The molecule has 0 fully saturated rings. The lowest BCUT2D eigenvalue weighted by Gasteiger charge is -2.16. The quantitative estimate of drug-likeness (QED) is 0.779. The molecule has 0 amide bonds. The Labute approximate surface area is 125 Å². The van der Waals surface area contributed by atoms with Crippen LogP contribution < -0.4 is 10.1 Å². The third-order valence-corrected chi connectivity index (χ3v) is 3.35. The lowest BCUT2D eigenvalue weighted by atomic mass is 10.1. The fourth-order valence-corrected chi connectivity index (χ4v) is 2.26. The Balaban J connectivity index is 1.92. The third-order valence-electron chi connectivity index (χ3n) is 3.35. The Hall–Kier alpha value is -1.94. The Morgan fingerprint density at radius 3 is 2.86 bits per heavy atom. The first-order valence-electron chi connectivity index (χ1n) is 7.38. The van der Waals surface area contributed by atoms with E-state index in [2.05, 4.69) is 12.2 Å². The van der Waals surface area contributed by atoms with Crippen LogP contribution in [0.2, 0.25) is 0 Å². The van der Waals surface area contributed by atoms with Crippen LogP contribution in [0, 0.1) is 0 Å². The number of hydrogen-bond acceptors (Lipinski definition) is 4. The lowest BCUT2D eigenvalue weighted by Crippen LogP contribution is -2.16. The first-order valence-corrected chi connectivity index (χ1v) is 7.38. The fourth-order valence-electron chi connectivity index (χ4n) is 2.26. The topological polar surface area (TPSA) is 54.6 Å². The molecule has 1 aromatic carbocycles. The summed E-state index contributed by atoms with van der Waals surface area (Å²) in [5.74, 6) is 1.75. The number of hydrogen-bond donors (Lipinski definition) is 2. The zero-order valence-electron chi connectivity index (χ0n) is 12.6. The average molecular weight is 289 g/mol. The number of ether oxygens (including phenoxy) is 1. The summed E-state index contributed by atoms with van der Waals surface area (Å²) in [6.45, 7) is 4.65. The minimum absolute atomic E-state index is 0.0222. The highest BCUT2D eigenvalue weighted by Gasteiger charge is 2.07. The molecule has 1 heterocycles. The van der Waals surface area contributed by atoms with E-state index in [-0.39, 0.29) is 6.61 Å². The average Bonchev–Trinajstić information content (AvgIpc) is 3.00. The number of rotatable bonds is 8. The van der Waals surface area contributed by atoms with Gasteiger partial charge in [-0.15, -0.1) is 0 Å². The van der Waals surface area contributed by atoms with E-state index >= 15 is 0 Å². The molecular formula is C17H23NO3. The van der Waals surface area contributed by atoms with Crippen molar-refractivity contribution in [3.63, 3.8) is 0 Å². The standard InChI is InChI=1S/C17H23NO3/c1-3-20-17-9-7-15(11-14(17)12-19)18-13(2)6-8-16-5-4-10-21-16/h4-5,7,9-11,13,18-19H,3,6,8,12H2,1-2H3. The Morgan fingerprint density at radius 2 is 2.19 bits per heavy atom. The second kappa shape index (κ2) is 7.74. The highest BCUT2D eigenvalue weighted by Crippen LogP contribution is 2.24. The SMILES string of the molecule is CCOc1ccc(NC(C)CCc2ccco2)cc1CO. The van der Waals surface area contributed by atoms with Gasteiger partial charge in [-0.2, -0.15) is 0 Å². The van der Waals surface area contributed by atoms with Crippen LogP contribution in [0.4, 0.5) is 5.69 Å². The maximum Gasteiger partial charge on any atom is 0.124 e. The molecule has 21 heavy (non-hydrogen) atoms. The van der Waals surface area contributed by atoms with Gasteiger partial charge in [0.15, 0.2) is 0 Å². The van der Waals surface area contributed by atoms with Gasteiger partial charge in [0, 0.05) is 23.7 Å². The monoisotopic (exact) mass is 289 g/mol. The van der Waals surface area contributed by atoms with Crippen LogP contribution in [0.15, 0.2) is 41.0 Å². The van der Waals surface area contributed by atoms with Crippen LogP contribution >= 0.6 is 0 Å². The molecule has 0 bridgehead atoms. The van der Waals surface area contributed by atoms with Gasteiger partial charge < -0.3 is 19.6 Å². The second-order valence-electron chi connectivity index (χ2n) is 5.08. The van der Waals surface area contributed by atoms with Gasteiger partial charge in [0.1, 0.15) is 11.5 Å². The molecule has 0 aliphatic carbocycles. The van der Waals surface area contributed by atoms with Crippen molar-refractivity contribution in [3.05, 3.63) is 47.9 Å². The molecule has 4 nitrogen and oxygen atoms in total. The first-order chi connectivity index (χ1) is 10.2. The fraction of sp³-hybridized carbons (Fsp3) is 0.412. The van der Waals surface area contributed by atoms with Crippen LogP contribution in [-0.2, 0) is 13.0 Å². The molecule has 2 aromatic rings. The maximum atomic E-state index is 9.41. The number of aliphatic hydroxyl groups is 1. The molecule has 1 aromatic heterocycles. The molecule has 0 saturated heterocycles. The van der Waals surface area contributed by atoms with E-state index in [1.54, 1.807) is 6.26 Å². The molecule has 0 saturated carbocycles. The zero-order chi connectivity index (χ0) is 15.1. The maximum absolute atomic E-state index is 9.41. The van der Waals surface area contributed by atoms with E-state index in [0.29, 0.717) is 12.6 Å². The summed E-state index contributed by atoms with van der Waals surface area (Å²) < 4.78 is 10.8. The van der Waals surface area contributed by atoms with Gasteiger partial charge >= 0.3 is 0 Å². The minimum atomic E-state index is -0.0222. The van der Waals surface area contributed by atoms with Crippen molar-refractivity contribution in [1.82, 2.24) is 0 Å². The van der Waals surface area contributed by atoms with Gasteiger partial charge in [0.05, 0.1) is 19.5 Å². The lowest BCUT2D eigenvalue weighted by molar-refractivity contribution is 0.267.